The third-order valence-electron chi connectivity index (χ3n) is 4.86. The maximum atomic E-state index is 12.8. The Morgan fingerprint density at radius 2 is 1.55 bits per heavy atom. The summed E-state index contributed by atoms with van der Waals surface area (Å²) in [6.45, 7) is 1.78. The zero-order valence-electron chi connectivity index (χ0n) is 18.5. The van der Waals surface area contributed by atoms with Crippen LogP contribution in [0.3, 0.4) is 0 Å². The molecule has 1 rings (SSSR count). The Morgan fingerprint density at radius 1 is 0.970 bits per heavy atom. The maximum Gasteiger partial charge on any atom is 0.325 e. The minimum atomic E-state index is -1.23. The van der Waals surface area contributed by atoms with Crippen LogP contribution >= 0.6 is 12.6 Å². The second kappa shape index (κ2) is 14.3. The van der Waals surface area contributed by atoms with Crippen molar-refractivity contribution in [3.05, 3.63) is 29.8 Å². The molecule has 11 nitrogen and oxygen atoms in total. The second-order valence-corrected chi connectivity index (χ2v) is 8.00. The van der Waals surface area contributed by atoms with E-state index in [-0.39, 0.29) is 17.9 Å². The number of carbonyl (C=O) groups is 4. The molecule has 0 bridgehead atoms. The van der Waals surface area contributed by atoms with Gasteiger partial charge in [-0.3, -0.25) is 19.2 Å². The van der Waals surface area contributed by atoms with E-state index in [1.165, 1.54) is 19.1 Å². The number of aromatic hydroxyl groups is 1. The predicted molar refractivity (Wildman–Crippen MR) is 126 cm³/mol. The van der Waals surface area contributed by atoms with Crippen molar-refractivity contribution in [2.24, 2.45) is 11.5 Å². The molecule has 0 heterocycles. The molecule has 4 unspecified atom stereocenters. The summed E-state index contributed by atoms with van der Waals surface area (Å²) < 4.78 is 0. The average molecular weight is 484 g/mol. The Kier molecular flexibility index (Phi) is 12.3. The molecule has 0 aliphatic carbocycles. The SMILES string of the molecule is CC(NC(=O)C(Cc1ccc(O)cc1)NC(=O)C(CS)NC(=O)C(N)CCCCN)C(=O)O. The fraction of sp³-hybridized carbons (Fsp3) is 0.524. The standard InChI is InChI=1S/C21H33N5O6S/c1-12(21(31)32)24-19(29)16(10-13-5-7-14(27)8-6-13)25-20(30)17(11-33)26-18(28)15(23)4-2-3-9-22/h5-8,12,15-17,27,33H,2-4,9-11,22-23H2,1H3,(H,24,29)(H,25,30)(H,26,28)(H,31,32). The van der Waals surface area contributed by atoms with Crippen LogP contribution < -0.4 is 27.4 Å². The van der Waals surface area contributed by atoms with Crippen LogP contribution in [0.4, 0.5) is 0 Å². The number of hydrogen-bond acceptors (Lipinski definition) is 8. The van der Waals surface area contributed by atoms with Crippen molar-refractivity contribution in [3.8, 4) is 5.75 Å². The highest BCUT2D eigenvalue weighted by Crippen LogP contribution is 2.12. The van der Waals surface area contributed by atoms with Gasteiger partial charge in [0.05, 0.1) is 6.04 Å². The van der Waals surface area contributed by atoms with E-state index in [0.29, 0.717) is 24.9 Å². The topological polar surface area (TPSA) is 197 Å². The Bertz CT molecular complexity index is 807. The molecule has 0 aromatic heterocycles. The van der Waals surface area contributed by atoms with Crippen LogP contribution in [0.25, 0.3) is 0 Å². The number of carbonyl (C=O) groups excluding carboxylic acids is 3. The quantitative estimate of drug-likeness (QED) is 0.120. The molecular weight excluding hydrogens is 450 g/mol. The van der Waals surface area contributed by atoms with Gasteiger partial charge in [0.2, 0.25) is 17.7 Å². The normalized spacial score (nSPS) is 14.4. The van der Waals surface area contributed by atoms with Crippen LogP contribution in [-0.4, -0.2) is 70.4 Å². The van der Waals surface area contributed by atoms with Crippen LogP contribution in [0.15, 0.2) is 24.3 Å². The minimum Gasteiger partial charge on any atom is -0.508 e. The van der Waals surface area contributed by atoms with E-state index in [4.69, 9.17) is 16.6 Å². The molecule has 9 N–H and O–H groups in total. The molecule has 1 aromatic carbocycles. The van der Waals surface area contributed by atoms with Crippen LogP contribution in [0, 0.1) is 0 Å². The molecule has 0 spiro atoms. The first kappa shape index (κ1) is 28.2. The summed E-state index contributed by atoms with van der Waals surface area (Å²) >= 11 is 4.11. The van der Waals surface area contributed by atoms with Crippen molar-refractivity contribution in [2.45, 2.75) is 56.8 Å². The zero-order chi connectivity index (χ0) is 25.0. The number of amides is 3. The lowest BCUT2D eigenvalue weighted by Gasteiger charge is -2.24. The third-order valence-corrected chi connectivity index (χ3v) is 5.23. The summed E-state index contributed by atoms with van der Waals surface area (Å²) in [7, 11) is 0. The average Bonchev–Trinajstić information content (AvgIpc) is 2.77. The molecule has 0 fully saturated rings. The highest BCUT2D eigenvalue weighted by atomic mass is 32.1. The highest BCUT2D eigenvalue weighted by Gasteiger charge is 2.29. The molecule has 0 saturated carbocycles. The Labute approximate surface area is 198 Å². The van der Waals surface area contributed by atoms with E-state index in [9.17, 15) is 24.3 Å². The molecule has 33 heavy (non-hydrogen) atoms. The van der Waals surface area contributed by atoms with Crippen molar-refractivity contribution in [1.29, 1.82) is 0 Å². The van der Waals surface area contributed by atoms with Gasteiger partial charge in [0.25, 0.3) is 0 Å². The number of benzene rings is 1. The number of hydrogen-bond donors (Lipinski definition) is 8. The molecule has 184 valence electrons. The van der Waals surface area contributed by atoms with E-state index in [2.05, 4.69) is 28.6 Å². The fourth-order valence-corrected chi connectivity index (χ4v) is 3.09. The van der Waals surface area contributed by atoms with Crippen LogP contribution in [0.5, 0.6) is 5.75 Å². The van der Waals surface area contributed by atoms with E-state index in [1.54, 1.807) is 12.1 Å². The van der Waals surface area contributed by atoms with Crippen molar-refractivity contribution >= 4 is 36.3 Å². The summed E-state index contributed by atoms with van der Waals surface area (Å²) in [5.74, 6) is -3.17. The summed E-state index contributed by atoms with van der Waals surface area (Å²) in [4.78, 5) is 48.9. The number of nitrogens with two attached hydrogens (primary N) is 2. The monoisotopic (exact) mass is 483 g/mol. The number of phenolic OH excluding ortho intramolecular Hbond substituents is 1. The number of rotatable bonds is 14. The fourth-order valence-electron chi connectivity index (χ4n) is 2.84. The van der Waals surface area contributed by atoms with E-state index < -0.39 is 47.9 Å². The van der Waals surface area contributed by atoms with Gasteiger partial charge in [-0.05, 0) is 44.0 Å². The molecule has 1 aromatic rings. The summed E-state index contributed by atoms with van der Waals surface area (Å²) in [5, 5.41) is 25.9. The number of nitrogens with one attached hydrogen (secondary N) is 3. The molecular formula is C21H33N5O6S. The molecule has 0 aliphatic heterocycles. The summed E-state index contributed by atoms with van der Waals surface area (Å²) in [6, 6.07) is 1.79. The van der Waals surface area contributed by atoms with Crippen LogP contribution in [-0.2, 0) is 25.6 Å². The second-order valence-electron chi connectivity index (χ2n) is 7.63. The minimum absolute atomic E-state index is 0.0238. The zero-order valence-corrected chi connectivity index (χ0v) is 19.4. The molecule has 12 heteroatoms. The van der Waals surface area contributed by atoms with Gasteiger partial charge >= 0.3 is 5.97 Å². The van der Waals surface area contributed by atoms with Gasteiger partial charge in [-0.25, -0.2) is 0 Å². The van der Waals surface area contributed by atoms with Gasteiger partial charge in [-0.1, -0.05) is 18.6 Å². The van der Waals surface area contributed by atoms with Gasteiger partial charge in [-0.15, -0.1) is 0 Å². The number of carboxylic acid groups (broad SMARTS) is 1. The lowest BCUT2D eigenvalue weighted by Crippen LogP contribution is -2.57. The molecule has 0 aliphatic rings. The molecule has 0 radical (unpaired) electrons. The van der Waals surface area contributed by atoms with E-state index in [0.717, 1.165) is 6.42 Å². The van der Waals surface area contributed by atoms with E-state index >= 15 is 0 Å². The number of phenols is 1. The smallest absolute Gasteiger partial charge is 0.325 e. The van der Waals surface area contributed by atoms with Gasteiger partial charge in [0, 0.05) is 12.2 Å². The van der Waals surface area contributed by atoms with Crippen molar-refractivity contribution in [3.63, 3.8) is 0 Å². The van der Waals surface area contributed by atoms with Crippen molar-refractivity contribution in [1.82, 2.24) is 16.0 Å². The van der Waals surface area contributed by atoms with Crippen LogP contribution in [0.1, 0.15) is 31.7 Å². The number of unbranched alkanes of at least 4 members (excludes halogenated alkanes) is 1. The molecule has 0 saturated heterocycles. The molecule has 4 atom stereocenters. The Hall–Kier alpha value is -2.83. The van der Waals surface area contributed by atoms with Crippen molar-refractivity contribution in [2.75, 3.05) is 12.3 Å². The molecule has 3 amide bonds. The largest absolute Gasteiger partial charge is 0.508 e. The predicted octanol–water partition coefficient (Wildman–Crippen LogP) is -1.12. The van der Waals surface area contributed by atoms with Gasteiger partial charge in [0.1, 0.15) is 23.9 Å². The van der Waals surface area contributed by atoms with Crippen LogP contribution in [0.2, 0.25) is 0 Å². The first-order valence-corrected chi connectivity index (χ1v) is 11.2. The summed E-state index contributed by atoms with van der Waals surface area (Å²) in [6.07, 6.45) is 1.82. The van der Waals surface area contributed by atoms with E-state index in [1.807, 2.05) is 0 Å². The van der Waals surface area contributed by atoms with Crippen molar-refractivity contribution < 1.29 is 29.4 Å². The number of aliphatic carboxylic acids is 1. The first-order chi connectivity index (χ1) is 15.6. The Morgan fingerprint density at radius 3 is 2.09 bits per heavy atom. The highest BCUT2D eigenvalue weighted by molar-refractivity contribution is 7.80. The number of thiol groups is 1. The lowest BCUT2D eigenvalue weighted by molar-refractivity contribution is -0.141. The first-order valence-electron chi connectivity index (χ1n) is 10.6. The van der Waals surface area contributed by atoms with Gasteiger partial charge < -0.3 is 37.6 Å². The number of carboxylic acids is 1. The van der Waals surface area contributed by atoms with Gasteiger partial charge in [0.15, 0.2) is 0 Å². The summed E-state index contributed by atoms with van der Waals surface area (Å²) in [5.41, 5.74) is 11.9. The maximum absolute atomic E-state index is 12.8. The Balaban J connectivity index is 2.90. The third kappa shape index (κ3) is 10.1. The van der Waals surface area contributed by atoms with Gasteiger partial charge in [-0.2, -0.15) is 12.6 Å². The lowest BCUT2D eigenvalue weighted by atomic mass is 10.0.